The van der Waals surface area contributed by atoms with E-state index < -0.39 is 6.03 Å². The molecule has 5 nitrogen and oxygen atoms in total. The highest BCUT2D eigenvalue weighted by molar-refractivity contribution is 5.78. The van der Waals surface area contributed by atoms with Crippen LogP contribution in [0.2, 0.25) is 0 Å². The van der Waals surface area contributed by atoms with Crippen LogP contribution in [-0.4, -0.2) is 29.9 Å². The van der Waals surface area contributed by atoms with Crippen LogP contribution in [0.4, 0.5) is 4.79 Å². The number of nitrogens with two attached hydrogens (primary N) is 2. The van der Waals surface area contributed by atoms with E-state index in [0.717, 1.165) is 0 Å². The van der Waals surface area contributed by atoms with Crippen LogP contribution < -0.4 is 11.5 Å². The molecule has 0 atom stereocenters. The monoisotopic (exact) mass is 186 g/mol. The minimum Gasteiger partial charge on any atom is -0.388 e. The minimum absolute atomic E-state index is 0.0787. The average molecular weight is 186 g/mol. The van der Waals surface area contributed by atoms with Gasteiger partial charge in [0.1, 0.15) is 0 Å². The first-order valence-corrected chi connectivity index (χ1v) is 4.30. The van der Waals surface area contributed by atoms with Crippen LogP contribution in [0.15, 0.2) is 0 Å². The lowest BCUT2D eigenvalue weighted by Gasteiger charge is -2.21. The lowest BCUT2D eigenvalue weighted by molar-refractivity contribution is 0.202. The summed E-state index contributed by atoms with van der Waals surface area (Å²) in [6, 6.07) is -0.449. The van der Waals surface area contributed by atoms with Crippen molar-refractivity contribution in [1.82, 2.24) is 4.90 Å². The van der Waals surface area contributed by atoms with Crippen molar-refractivity contribution in [3.63, 3.8) is 0 Å². The number of carbonyl (C=O) groups excluding carboxylic acids is 1. The Labute approximate surface area is 78.6 Å². The third-order valence-electron chi connectivity index (χ3n) is 1.55. The Morgan fingerprint density at radius 1 is 1.46 bits per heavy atom. The Bertz CT molecular complexity index is 191. The van der Waals surface area contributed by atoms with Crippen LogP contribution >= 0.6 is 0 Å². The Kier molecular flexibility index (Phi) is 4.87. The second-order valence-corrected chi connectivity index (χ2v) is 3.45. The predicted octanol–water partition coefficient (Wildman–Crippen LogP) is 0.349. The van der Waals surface area contributed by atoms with Crippen molar-refractivity contribution in [2.24, 2.45) is 17.4 Å². The summed E-state index contributed by atoms with van der Waals surface area (Å²) in [5.41, 5.74) is 10.3. The molecule has 0 radical (unpaired) electrons. The summed E-state index contributed by atoms with van der Waals surface area (Å²) in [5, 5.41) is 7.01. The van der Waals surface area contributed by atoms with E-state index in [1.165, 1.54) is 4.90 Å². The topological polar surface area (TPSA) is 96.2 Å². The van der Waals surface area contributed by atoms with Crippen molar-refractivity contribution in [2.75, 3.05) is 13.1 Å². The van der Waals surface area contributed by atoms with Crippen molar-refractivity contribution in [3.05, 3.63) is 0 Å². The van der Waals surface area contributed by atoms with E-state index in [9.17, 15) is 4.79 Å². The van der Waals surface area contributed by atoms with Crippen LogP contribution in [0.25, 0.3) is 0 Å². The van der Waals surface area contributed by atoms with Crippen molar-refractivity contribution < 1.29 is 4.79 Å². The van der Waals surface area contributed by atoms with Crippen LogP contribution in [0.5, 0.6) is 0 Å². The third-order valence-corrected chi connectivity index (χ3v) is 1.55. The van der Waals surface area contributed by atoms with E-state index in [-0.39, 0.29) is 5.84 Å². The minimum atomic E-state index is -0.449. The Morgan fingerprint density at radius 2 is 2.00 bits per heavy atom. The number of nitrogens with zero attached hydrogens (tertiary/aromatic N) is 1. The quantitative estimate of drug-likeness (QED) is 0.426. The summed E-state index contributed by atoms with van der Waals surface area (Å²) < 4.78 is 0. The van der Waals surface area contributed by atoms with E-state index in [2.05, 4.69) is 0 Å². The SMILES string of the molecule is CC(C)CN(CCC(=N)N)C(N)=O. The number of carbonyl (C=O) groups is 1. The molecule has 0 unspecified atom stereocenters. The maximum absolute atomic E-state index is 10.9. The van der Waals surface area contributed by atoms with Crippen LogP contribution in [0, 0.1) is 11.3 Å². The van der Waals surface area contributed by atoms with Gasteiger partial charge < -0.3 is 16.4 Å². The molecule has 0 aromatic rings. The summed E-state index contributed by atoms with van der Waals surface area (Å²) in [4.78, 5) is 12.4. The third kappa shape index (κ3) is 5.95. The van der Waals surface area contributed by atoms with Gasteiger partial charge in [0, 0.05) is 19.5 Å². The molecular weight excluding hydrogens is 168 g/mol. The number of urea groups is 1. The summed E-state index contributed by atoms with van der Waals surface area (Å²) >= 11 is 0. The molecule has 0 fully saturated rings. The Morgan fingerprint density at radius 3 is 2.31 bits per heavy atom. The van der Waals surface area contributed by atoms with Gasteiger partial charge in [-0.1, -0.05) is 13.8 Å². The highest BCUT2D eigenvalue weighted by Gasteiger charge is 2.10. The second kappa shape index (κ2) is 5.40. The van der Waals surface area contributed by atoms with E-state index >= 15 is 0 Å². The molecule has 0 heterocycles. The van der Waals surface area contributed by atoms with Crippen molar-refractivity contribution >= 4 is 11.9 Å². The summed E-state index contributed by atoms with van der Waals surface area (Å²) in [6.45, 7) is 5.05. The largest absolute Gasteiger partial charge is 0.388 e. The summed E-state index contributed by atoms with van der Waals surface area (Å²) in [7, 11) is 0. The van der Waals surface area contributed by atoms with Gasteiger partial charge in [-0.25, -0.2) is 4.79 Å². The fourth-order valence-corrected chi connectivity index (χ4v) is 0.988. The van der Waals surface area contributed by atoms with E-state index in [1.807, 2.05) is 13.8 Å². The lowest BCUT2D eigenvalue weighted by Crippen LogP contribution is -2.40. The zero-order valence-corrected chi connectivity index (χ0v) is 8.21. The smallest absolute Gasteiger partial charge is 0.314 e. The zero-order valence-electron chi connectivity index (χ0n) is 8.21. The van der Waals surface area contributed by atoms with Gasteiger partial charge in [0.2, 0.25) is 0 Å². The van der Waals surface area contributed by atoms with Crippen LogP contribution in [0.1, 0.15) is 20.3 Å². The molecule has 0 aliphatic rings. The van der Waals surface area contributed by atoms with Gasteiger partial charge in [-0.05, 0) is 5.92 Å². The predicted molar refractivity (Wildman–Crippen MR) is 52.5 cm³/mol. The summed E-state index contributed by atoms with van der Waals surface area (Å²) in [6.07, 6.45) is 0.385. The van der Waals surface area contributed by atoms with Gasteiger partial charge in [-0.15, -0.1) is 0 Å². The number of rotatable bonds is 5. The molecular formula is C8H18N4O. The normalized spacial score (nSPS) is 10.1. The number of hydrogen-bond acceptors (Lipinski definition) is 2. The number of nitrogens with one attached hydrogen (secondary N) is 1. The van der Waals surface area contributed by atoms with Crippen molar-refractivity contribution in [1.29, 1.82) is 5.41 Å². The molecule has 13 heavy (non-hydrogen) atoms. The fourth-order valence-electron chi connectivity index (χ4n) is 0.988. The van der Waals surface area contributed by atoms with Gasteiger partial charge in [0.15, 0.2) is 0 Å². The molecule has 0 aromatic heterocycles. The van der Waals surface area contributed by atoms with Gasteiger partial charge in [0.25, 0.3) is 0 Å². The molecule has 0 saturated heterocycles. The molecule has 0 saturated carbocycles. The van der Waals surface area contributed by atoms with Gasteiger partial charge in [-0.2, -0.15) is 0 Å². The average Bonchev–Trinajstić information content (AvgIpc) is 1.96. The maximum Gasteiger partial charge on any atom is 0.314 e. The highest BCUT2D eigenvalue weighted by atomic mass is 16.2. The van der Waals surface area contributed by atoms with Gasteiger partial charge in [0.05, 0.1) is 5.84 Å². The van der Waals surface area contributed by atoms with E-state index in [1.54, 1.807) is 0 Å². The number of amides is 2. The summed E-state index contributed by atoms with van der Waals surface area (Å²) in [5.74, 6) is 0.453. The number of hydrogen-bond donors (Lipinski definition) is 3. The molecule has 0 rings (SSSR count). The molecule has 5 heteroatoms. The lowest BCUT2D eigenvalue weighted by atomic mass is 10.2. The van der Waals surface area contributed by atoms with E-state index in [4.69, 9.17) is 16.9 Å². The first kappa shape index (κ1) is 11.7. The first-order chi connectivity index (χ1) is 5.93. The molecule has 0 spiro atoms. The fraction of sp³-hybridized carbons (Fsp3) is 0.750. The molecule has 0 aliphatic carbocycles. The number of primary amides is 1. The Balaban J connectivity index is 3.95. The molecule has 2 amide bonds. The maximum atomic E-state index is 10.9. The van der Waals surface area contributed by atoms with Gasteiger partial charge in [-0.3, -0.25) is 5.41 Å². The number of amidine groups is 1. The standard InChI is InChI=1S/C8H18N4O/c1-6(2)5-12(8(11)13)4-3-7(9)10/h6H,3-5H2,1-2H3,(H3,9,10)(H2,11,13). The first-order valence-electron chi connectivity index (χ1n) is 4.30. The molecule has 0 aliphatic heterocycles. The molecule has 76 valence electrons. The van der Waals surface area contributed by atoms with Crippen molar-refractivity contribution in [3.8, 4) is 0 Å². The molecule has 5 N–H and O–H groups in total. The van der Waals surface area contributed by atoms with Crippen molar-refractivity contribution in [2.45, 2.75) is 20.3 Å². The van der Waals surface area contributed by atoms with Gasteiger partial charge >= 0.3 is 6.03 Å². The van der Waals surface area contributed by atoms with Crippen LogP contribution in [0.3, 0.4) is 0 Å². The highest BCUT2D eigenvalue weighted by Crippen LogP contribution is 1.99. The van der Waals surface area contributed by atoms with E-state index in [0.29, 0.717) is 25.4 Å². The molecule has 0 bridgehead atoms. The second-order valence-electron chi connectivity index (χ2n) is 3.45. The molecule has 0 aromatic carbocycles. The van der Waals surface area contributed by atoms with Crippen LogP contribution in [-0.2, 0) is 0 Å². The Hall–Kier alpha value is -1.26. The zero-order chi connectivity index (χ0) is 10.4.